The van der Waals surface area contributed by atoms with Gasteiger partial charge in [-0.25, -0.2) is 9.18 Å². The number of hydrogen-bond donors (Lipinski definition) is 2. The van der Waals surface area contributed by atoms with Crippen LogP contribution in [0.1, 0.15) is 25.7 Å². The van der Waals surface area contributed by atoms with Crippen molar-refractivity contribution in [3.8, 4) is 0 Å². The van der Waals surface area contributed by atoms with E-state index in [1.165, 1.54) is 11.0 Å². The molecule has 1 saturated carbocycles. The zero-order valence-corrected chi connectivity index (χ0v) is 17.2. The van der Waals surface area contributed by atoms with Crippen molar-refractivity contribution in [2.75, 3.05) is 22.5 Å². The average Bonchev–Trinajstić information content (AvgIpc) is 3.00. The summed E-state index contributed by atoms with van der Waals surface area (Å²) in [5.74, 6) is -0.740. The highest BCUT2D eigenvalue weighted by Gasteiger charge is 2.49. The molecule has 1 heterocycles. The van der Waals surface area contributed by atoms with Crippen LogP contribution in [-0.2, 0) is 9.53 Å². The van der Waals surface area contributed by atoms with Crippen LogP contribution in [0.5, 0.6) is 0 Å². The second-order valence-corrected chi connectivity index (χ2v) is 8.50. The van der Waals surface area contributed by atoms with E-state index < -0.39 is 17.5 Å². The summed E-state index contributed by atoms with van der Waals surface area (Å²) in [7, 11) is 0. The summed E-state index contributed by atoms with van der Waals surface area (Å²) in [6.07, 6.45) is 1.73. The van der Waals surface area contributed by atoms with Crippen LogP contribution in [0.25, 0.3) is 0 Å². The molecule has 29 heavy (non-hydrogen) atoms. The van der Waals surface area contributed by atoms with Gasteiger partial charge < -0.3 is 15.8 Å². The number of para-hydroxylation sites is 1. The van der Waals surface area contributed by atoms with Crippen molar-refractivity contribution in [2.24, 2.45) is 5.92 Å². The van der Waals surface area contributed by atoms with Gasteiger partial charge in [0.2, 0.25) is 5.91 Å². The average molecular weight is 462 g/mol. The molecule has 0 aromatic heterocycles. The van der Waals surface area contributed by atoms with Crippen LogP contribution in [0.4, 0.5) is 26.2 Å². The van der Waals surface area contributed by atoms with Crippen LogP contribution in [0.3, 0.4) is 0 Å². The number of carbonyl (C=O) groups is 2. The number of hydrogen-bond acceptors (Lipinski definition) is 4. The first-order chi connectivity index (χ1) is 13.9. The van der Waals surface area contributed by atoms with Gasteiger partial charge in [0.25, 0.3) is 0 Å². The lowest BCUT2D eigenvalue weighted by Crippen LogP contribution is -2.41. The van der Waals surface area contributed by atoms with Crippen LogP contribution in [0.15, 0.2) is 46.9 Å². The van der Waals surface area contributed by atoms with Gasteiger partial charge in [0.05, 0.1) is 23.6 Å². The van der Waals surface area contributed by atoms with Gasteiger partial charge in [0.1, 0.15) is 11.4 Å². The molecule has 152 valence electrons. The second-order valence-electron chi connectivity index (χ2n) is 7.58. The lowest BCUT2D eigenvalue weighted by Gasteiger charge is -2.34. The molecule has 0 unspecified atom stereocenters. The second kappa shape index (κ2) is 7.67. The van der Waals surface area contributed by atoms with Crippen molar-refractivity contribution in [2.45, 2.75) is 31.3 Å². The van der Waals surface area contributed by atoms with Crippen LogP contribution < -0.4 is 16.0 Å². The first-order valence-electron chi connectivity index (χ1n) is 9.48. The Kier molecular flexibility index (Phi) is 5.21. The van der Waals surface area contributed by atoms with Gasteiger partial charge >= 0.3 is 6.09 Å². The summed E-state index contributed by atoms with van der Waals surface area (Å²) in [6, 6.07) is 11.5. The highest BCUT2D eigenvalue weighted by molar-refractivity contribution is 9.10. The molecule has 2 aromatic rings. The maximum Gasteiger partial charge on any atom is 0.415 e. The Morgan fingerprint density at radius 3 is 2.66 bits per heavy atom. The predicted octanol–water partition coefficient (Wildman–Crippen LogP) is 4.69. The molecule has 1 spiro atoms. The van der Waals surface area contributed by atoms with E-state index in [4.69, 9.17) is 10.5 Å². The van der Waals surface area contributed by atoms with Crippen LogP contribution in [0, 0.1) is 11.7 Å². The smallest absolute Gasteiger partial charge is 0.415 e. The zero-order chi connectivity index (χ0) is 20.6. The van der Waals surface area contributed by atoms with Crippen LogP contribution in [-0.4, -0.2) is 24.1 Å². The molecular weight excluding hydrogens is 441 g/mol. The molecule has 0 radical (unpaired) electrons. The SMILES string of the molecule is Nc1cc(Br)ccc1NC(=O)C1CCC2(CC1)CN(c1ccccc1F)C(=O)O2. The van der Waals surface area contributed by atoms with E-state index in [9.17, 15) is 14.0 Å². The fourth-order valence-electron chi connectivity index (χ4n) is 4.03. The van der Waals surface area contributed by atoms with Crippen molar-refractivity contribution in [1.82, 2.24) is 0 Å². The molecule has 8 heteroatoms. The molecule has 2 aliphatic rings. The molecule has 2 amide bonds. The van der Waals surface area contributed by atoms with E-state index >= 15 is 0 Å². The third-order valence-corrected chi connectivity index (χ3v) is 6.15. The molecule has 0 atom stereocenters. The topological polar surface area (TPSA) is 84.7 Å². The van der Waals surface area contributed by atoms with E-state index in [2.05, 4.69) is 21.2 Å². The van der Waals surface area contributed by atoms with E-state index in [0.29, 0.717) is 43.6 Å². The van der Waals surface area contributed by atoms with Gasteiger partial charge in [-0.2, -0.15) is 0 Å². The maximum absolute atomic E-state index is 14.1. The van der Waals surface area contributed by atoms with Gasteiger partial charge in [-0.3, -0.25) is 9.69 Å². The molecule has 0 bridgehead atoms. The third kappa shape index (κ3) is 3.94. The van der Waals surface area contributed by atoms with Gasteiger partial charge in [0.15, 0.2) is 0 Å². The standard InChI is InChI=1S/C21H21BrFN3O3/c22-14-5-6-17(16(24)11-14)25-19(27)13-7-9-21(10-8-13)12-26(20(28)29-21)18-4-2-1-3-15(18)23/h1-6,11,13H,7-10,12,24H2,(H,25,27). The summed E-state index contributed by atoms with van der Waals surface area (Å²) in [6.45, 7) is 0.292. The fraction of sp³-hybridized carbons (Fsp3) is 0.333. The number of halogens is 2. The Labute approximate surface area is 176 Å². The Balaban J connectivity index is 1.39. The molecule has 2 fully saturated rings. The number of ether oxygens (including phenoxy) is 1. The van der Waals surface area contributed by atoms with Crippen molar-refractivity contribution in [3.05, 3.63) is 52.8 Å². The van der Waals surface area contributed by atoms with E-state index in [-0.39, 0.29) is 17.5 Å². The normalized spacial score (nSPS) is 23.9. The number of benzene rings is 2. The Bertz CT molecular complexity index is 960. The first kappa shape index (κ1) is 19.7. The van der Waals surface area contributed by atoms with Crippen molar-refractivity contribution in [3.63, 3.8) is 0 Å². The number of rotatable bonds is 3. The minimum absolute atomic E-state index is 0.0934. The fourth-order valence-corrected chi connectivity index (χ4v) is 4.41. The predicted molar refractivity (Wildman–Crippen MR) is 112 cm³/mol. The van der Waals surface area contributed by atoms with Gasteiger partial charge in [-0.1, -0.05) is 28.1 Å². The minimum Gasteiger partial charge on any atom is -0.441 e. The summed E-state index contributed by atoms with van der Waals surface area (Å²) in [4.78, 5) is 26.4. The molecule has 2 aromatic carbocycles. The highest BCUT2D eigenvalue weighted by atomic mass is 79.9. The van der Waals surface area contributed by atoms with E-state index in [1.807, 2.05) is 6.07 Å². The molecule has 1 saturated heterocycles. The first-order valence-corrected chi connectivity index (χ1v) is 10.3. The van der Waals surface area contributed by atoms with Crippen LogP contribution in [0.2, 0.25) is 0 Å². The molecule has 6 nitrogen and oxygen atoms in total. The van der Waals surface area contributed by atoms with Gasteiger partial charge in [-0.15, -0.1) is 0 Å². The molecule has 1 aliphatic carbocycles. The summed E-state index contributed by atoms with van der Waals surface area (Å²) < 4.78 is 20.6. The lowest BCUT2D eigenvalue weighted by atomic mass is 9.78. The lowest BCUT2D eigenvalue weighted by molar-refractivity contribution is -0.122. The quantitative estimate of drug-likeness (QED) is 0.648. The molecule has 1 aliphatic heterocycles. The molecule has 3 N–H and O–H groups in total. The summed E-state index contributed by atoms with van der Waals surface area (Å²) >= 11 is 3.34. The Morgan fingerprint density at radius 1 is 1.24 bits per heavy atom. The number of nitrogen functional groups attached to an aromatic ring is 1. The van der Waals surface area contributed by atoms with Gasteiger partial charge in [0, 0.05) is 10.4 Å². The Morgan fingerprint density at radius 2 is 1.97 bits per heavy atom. The number of nitrogens with one attached hydrogen (secondary N) is 1. The van der Waals surface area contributed by atoms with Crippen LogP contribution >= 0.6 is 15.9 Å². The number of nitrogens with two attached hydrogens (primary N) is 1. The minimum atomic E-state index is -0.674. The van der Waals surface area contributed by atoms with E-state index in [0.717, 1.165) is 4.47 Å². The number of carbonyl (C=O) groups excluding carboxylic acids is 2. The third-order valence-electron chi connectivity index (χ3n) is 5.65. The zero-order valence-electron chi connectivity index (χ0n) is 15.7. The molecule has 4 rings (SSSR count). The number of amides is 2. The van der Waals surface area contributed by atoms with Gasteiger partial charge in [-0.05, 0) is 56.0 Å². The largest absolute Gasteiger partial charge is 0.441 e. The van der Waals surface area contributed by atoms with Crippen molar-refractivity contribution in [1.29, 1.82) is 0 Å². The monoisotopic (exact) mass is 461 g/mol. The van der Waals surface area contributed by atoms with Crippen molar-refractivity contribution >= 4 is 45.0 Å². The summed E-state index contributed by atoms with van der Waals surface area (Å²) in [5, 5.41) is 2.88. The number of anilines is 3. The molecular formula is C21H21BrFN3O3. The number of nitrogens with zero attached hydrogens (tertiary/aromatic N) is 1. The van der Waals surface area contributed by atoms with Crippen molar-refractivity contribution < 1.29 is 18.7 Å². The Hall–Kier alpha value is -2.61. The summed E-state index contributed by atoms with van der Waals surface area (Å²) in [5.41, 5.74) is 6.57. The highest BCUT2D eigenvalue weighted by Crippen LogP contribution is 2.41. The van der Waals surface area contributed by atoms with E-state index in [1.54, 1.807) is 30.3 Å². The maximum atomic E-state index is 14.1.